The zero-order chi connectivity index (χ0) is 23.5. The van der Waals surface area contributed by atoms with Crippen LogP contribution in [0.3, 0.4) is 0 Å². The van der Waals surface area contributed by atoms with E-state index in [0.717, 1.165) is 0 Å². The average Bonchev–Trinajstić information content (AvgIpc) is 2.70. The van der Waals surface area contributed by atoms with Crippen molar-refractivity contribution in [1.82, 2.24) is 0 Å². The predicted octanol–water partition coefficient (Wildman–Crippen LogP) is 7.56. The molecule has 164 valence electrons. The van der Waals surface area contributed by atoms with E-state index < -0.39 is 30.3 Å². The Morgan fingerprint density at radius 2 is 1.10 bits per heavy atom. The highest BCUT2D eigenvalue weighted by Crippen LogP contribution is 2.52. The Morgan fingerprint density at radius 1 is 0.767 bits per heavy atom. The van der Waals surface area contributed by atoms with Crippen LogP contribution in [0.15, 0.2) is 50.6 Å². The van der Waals surface area contributed by atoms with Gasteiger partial charge in [-0.1, -0.05) is 36.1 Å². The molecule has 0 fully saturated rings. The minimum Gasteiger partial charge on any atom is -0.119 e. The van der Waals surface area contributed by atoms with E-state index >= 15 is 0 Å². The smallest absolute Gasteiger partial charge is 0.119 e. The normalized spacial score (nSPS) is 16.1. The van der Waals surface area contributed by atoms with Crippen LogP contribution >= 0.6 is 8.25 Å². The lowest BCUT2D eigenvalue weighted by Crippen LogP contribution is -2.47. The topological polar surface area (TPSA) is 35.5 Å². The molecule has 0 saturated carbocycles. The third-order valence-corrected chi connectivity index (χ3v) is 6.95. The standard InChI is InChI=1S/C26H38O3P/c1-11-17-21-25(19-13-3,23(7,8)15-5)28-30(27)29-26(20-14-4,22-18-12-2)24(9,10)16-6/h5-6,11-14H,1-4,17-22H2,7-10H3/q+1. The molecule has 0 bridgehead atoms. The summed E-state index contributed by atoms with van der Waals surface area (Å²) in [5.74, 6) is 5.58. The summed E-state index contributed by atoms with van der Waals surface area (Å²) in [6.45, 7) is 22.8. The lowest BCUT2D eigenvalue weighted by Gasteiger charge is -2.40. The SMILES string of the molecule is C#CC(C)(C)C(CC=C)(CCC=C)O[P+](=O)OC(CC=C)(CCC=C)C(C)(C)C#C. The Morgan fingerprint density at radius 3 is 1.33 bits per heavy atom. The van der Waals surface area contributed by atoms with Crippen LogP contribution in [-0.2, 0) is 13.6 Å². The molecule has 0 spiro atoms. The van der Waals surface area contributed by atoms with E-state index in [1.54, 1.807) is 24.3 Å². The van der Waals surface area contributed by atoms with Crippen LogP contribution in [0.4, 0.5) is 0 Å². The van der Waals surface area contributed by atoms with Gasteiger partial charge in [-0.15, -0.1) is 48.2 Å². The molecule has 0 heterocycles. The van der Waals surface area contributed by atoms with E-state index in [4.69, 9.17) is 21.9 Å². The molecule has 0 aliphatic heterocycles. The van der Waals surface area contributed by atoms with Gasteiger partial charge in [0.05, 0.1) is 10.8 Å². The van der Waals surface area contributed by atoms with Crippen molar-refractivity contribution < 1.29 is 13.6 Å². The zero-order valence-corrected chi connectivity index (χ0v) is 20.1. The molecule has 3 nitrogen and oxygen atoms in total. The first kappa shape index (κ1) is 28.1. The number of hydrogen-bond donors (Lipinski definition) is 0. The van der Waals surface area contributed by atoms with E-state index in [2.05, 4.69) is 38.2 Å². The molecule has 0 N–H and O–H groups in total. The maximum atomic E-state index is 13.3. The Kier molecular flexibility index (Phi) is 11.3. The van der Waals surface area contributed by atoms with Gasteiger partial charge < -0.3 is 0 Å². The largest absolute Gasteiger partial charge is 0.698 e. The molecule has 0 aromatic carbocycles. The monoisotopic (exact) mass is 429 g/mol. The average molecular weight is 430 g/mol. The van der Waals surface area contributed by atoms with Gasteiger partial charge in [-0.25, -0.2) is 0 Å². The van der Waals surface area contributed by atoms with Crippen molar-refractivity contribution in [1.29, 1.82) is 0 Å². The van der Waals surface area contributed by atoms with Crippen LogP contribution < -0.4 is 0 Å². The fraction of sp³-hybridized carbons (Fsp3) is 0.538. The Hall–Kier alpha value is -1.90. The molecule has 0 rings (SSSR count). The van der Waals surface area contributed by atoms with E-state index in [0.29, 0.717) is 38.5 Å². The minimum absolute atomic E-state index is 0.419. The van der Waals surface area contributed by atoms with E-state index in [1.165, 1.54) is 0 Å². The Labute approximate surface area is 185 Å². The summed E-state index contributed by atoms with van der Waals surface area (Å²) >= 11 is 0. The summed E-state index contributed by atoms with van der Waals surface area (Å²) in [5.41, 5.74) is -3.29. The van der Waals surface area contributed by atoms with Crippen LogP contribution in [0.2, 0.25) is 0 Å². The number of hydrogen-bond acceptors (Lipinski definition) is 3. The Bertz CT molecular complexity index is 660. The summed E-state index contributed by atoms with van der Waals surface area (Å²) < 4.78 is 25.6. The minimum atomic E-state index is -2.56. The van der Waals surface area contributed by atoms with Gasteiger partial charge in [-0.3, -0.25) is 0 Å². The van der Waals surface area contributed by atoms with Crippen LogP contribution in [0.25, 0.3) is 0 Å². The van der Waals surface area contributed by atoms with Gasteiger partial charge in [0, 0.05) is 17.4 Å². The lowest BCUT2D eigenvalue weighted by molar-refractivity contribution is -0.0627. The maximum absolute atomic E-state index is 13.3. The van der Waals surface area contributed by atoms with Gasteiger partial charge in [0.1, 0.15) is 11.2 Å². The van der Waals surface area contributed by atoms with Crippen LogP contribution in [0.5, 0.6) is 0 Å². The highest BCUT2D eigenvalue weighted by molar-refractivity contribution is 7.33. The van der Waals surface area contributed by atoms with E-state index in [9.17, 15) is 4.57 Å². The van der Waals surface area contributed by atoms with Crippen molar-refractivity contribution in [3.8, 4) is 24.7 Å². The van der Waals surface area contributed by atoms with Crippen molar-refractivity contribution in [3.05, 3.63) is 50.6 Å². The summed E-state index contributed by atoms with van der Waals surface area (Å²) in [7, 11) is -2.56. The molecule has 0 aromatic rings. The second-order valence-corrected chi connectivity index (χ2v) is 9.39. The molecule has 0 aliphatic rings. The van der Waals surface area contributed by atoms with E-state index in [-0.39, 0.29) is 0 Å². The molecule has 2 unspecified atom stereocenters. The lowest BCUT2D eigenvalue weighted by atomic mass is 9.71. The first-order chi connectivity index (χ1) is 14.0. The summed E-state index contributed by atoms with van der Waals surface area (Å²) in [6.07, 6.45) is 21.9. The molecule has 0 amide bonds. The molecule has 0 radical (unpaired) electrons. The maximum Gasteiger partial charge on any atom is 0.698 e. The molecule has 0 aliphatic carbocycles. The number of rotatable bonds is 16. The molecule has 2 atom stereocenters. The van der Waals surface area contributed by atoms with Crippen molar-refractivity contribution in [2.24, 2.45) is 10.8 Å². The van der Waals surface area contributed by atoms with Gasteiger partial charge in [-0.05, 0) is 53.4 Å². The first-order valence-electron chi connectivity index (χ1n) is 10.2. The zero-order valence-electron chi connectivity index (χ0n) is 19.2. The summed E-state index contributed by atoms with van der Waals surface area (Å²) in [5, 5.41) is 0. The van der Waals surface area contributed by atoms with Gasteiger partial charge in [0.2, 0.25) is 0 Å². The highest BCUT2D eigenvalue weighted by Gasteiger charge is 2.56. The first-order valence-corrected chi connectivity index (χ1v) is 11.3. The molecular weight excluding hydrogens is 391 g/mol. The summed E-state index contributed by atoms with van der Waals surface area (Å²) in [4.78, 5) is 0. The second kappa shape index (κ2) is 12.1. The van der Waals surface area contributed by atoms with Gasteiger partial charge >= 0.3 is 8.25 Å². The number of allylic oxidation sites excluding steroid dienone is 2. The van der Waals surface area contributed by atoms with Crippen molar-refractivity contribution in [2.75, 3.05) is 0 Å². The fourth-order valence-corrected chi connectivity index (χ4v) is 4.83. The molecule has 4 heteroatoms. The third-order valence-electron chi connectivity index (χ3n) is 5.95. The van der Waals surface area contributed by atoms with Crippen molar-refractivity contribution in [2.45, 2.75) is 77.4 Å². The van der Waals surface area contributed by atoms with E-state index in [1.807, 2.05) is 27.7 Å². The third kappa shape index (κ3) is 6.55. The quantitative estimate of drug-likeness (QED) is 0.144. The van der Waals surface area contributed by atoms with Crippen LogP contribution in [0.1, 0.15) is 66.2 Å². The second-order valence-electron chi connectivity index (χ2n) is 8.57. The highest BCUT2D eigenvalue weighted by atomic mass is 31.1. The fourth-order valence-electron chi connectivity index (χ4n) is 3.44. The predicted molar refractivity (Wildman–Crippen MR) is 129 cm³/mol. The van der Waals surface area contributed by atoms with Gasteiger partial charge in [-0.2, -0.15) is 0 Å². The Balaban J connectivity index is 6.21. The molecular formula is C26H38O3P+. The summed E-state index contributed by atoms with van der Waals surface area (Å²) in [6, 6.07) is 0. The van der Waals surface area contributed by atoms with Crippen LogP contribution in [-0.4, -0.2) is 11.2 Å². The molecule has 0 aromatic heterocycles. The molecule has 0 saturated heterocycles. The van der Waals surface area contributed by atoms with Gasteiger partial charge in [0.25, 0.3) is 0 Å². The number of terminal acetylenes is 2. The van der Waals surface area contributed by atoms with Crippen molar-refractivity contribution in [3.63, 3.8) is 0 Å². The van der Waals surface area contributed by atoms with Gasteiger partial charge in [0.15, 0.2) is 0 Å². The molecule has 30 heavy (non-hydrogen) atoms. The van der Waals surface area contributed by atoms with Crippen LogP contribution in [0, 0.1) is 35.5 Å². The van der Waals surface area contributed by atoms with Crippen molar-refractivity contribution >= 4 is 8.25 Å².